The monoisotopic (exact) mass is 466 g/mol. The van der Waals surface area contributed by atoms with Crippen LogP contribution in [0.25, 0.3) is 10.4 Å². The molecule has 2 aromatic carbocycles. The van der Waals surface area contributed by atoms with Crippen molar-refractivity contribution in [2.45, 2.75) is 13.8 Å². The Labute approximate surface area is 194 Å². The summed E-state index contributed by atoms with van der Waals surface area (Å²) in [4.78, 5) is 49.1. The van der Waals surface area contributed by atoms with Crippen molar-refractivity contribution < 1.29 is 28.7 Å². The van der Waals surface area contributed by atoms with Crippen LogP contribution in [0.5, 0.6) is 0 Å². The number of hydrogen-bond acceptors (Lipinski definition) is 7. The lowest BCUT2D eigenvalue weighted by atomic mass is 10.1. The van der Waals surface area contributed by atoms with E-state index in [0.29, 0.717) is 10.7 Å². The van der Waals surface area contributed by atoms with Gasteiger partial charge in [-0.25, -0.2) is 9.59 Å². The van der Waals surface area contributed by atoms with Gasteiger partial charge >= 0.3 is 11.9 Å². The first-order chi connectivity index (χ1) is 15.9. The molecule has 0 bridgehead atoms. The molecule has 0 atom stereocenters. The molecule has 0 aliphatic rings. The highest BCUT2D eigenvalue weighted by Crippen LogP contribution is 2.35. The first kappa shape index (κ1) is 23.7. The molecule has 170 valence electrons. The normalized spacial score (nSPS) is 10.2. The SMILES string of the molecule is CCOC(=O)c1cc(-c2ccccc2)sc1NC(=O)COC(=O)c1cccc(NC(C)=O)c1. The van der Waals surface area contributed by atoms with Crippen molar-refractivity contribution in [2.24, 2.45) is 0 Å². The predicted octanol–water partition coefficient (Wildman–Crippen LogP) is 4.35. The molecule has 1 aromatic heterocycles. The van der Waals surface area contributed by atoms with Gasteiger partial charge in [0.05, 0.1) is 17.7 Å². The second-order valence-corrected chi connectivity index (χ2v) is 7.88. The van der Waals surface area contributed by atoms with E-state index in [0.717, 1.165) is 10.4 Å². The second-order valence-electron chi connectivity index (χ2n) is 6.83. The van der Waals surface area contributed by atoms with Gasteiger partial charge in [-0.3, -0.25) is 9.59 Å². The summed E-state index contributed by atoms with van der Waals surface area (Å²) in [6, 6.07) is 17.2. The maximum absolute atomic E-state index is 12.4. The third-order valence-electron chi connectivity index (χ3n) is 4.29. The molecule has 0 fully saturated rings. The van der Waals surface area contributed by atoms with Gasteiger partial charge in [0.1, 0.15) is 5.00 Å². The number of amides is 2. The minimum absolute atomic E-state index is 0.184. The molecule has 0 radical (unpaired) electrons. The lowest BCUT2D eigenvalue weighted by molar-refractivity contribution is -0.119. The third-order valence-corrected chi connectivity index (χ3v) is 5.39. The van der Waals surface area contributed by atoms with Crippen molar-refractivity contribution in [2.75, 3.05) is 23.8 Å². The molecule has 0 aliphatic heterocycles. The maximum atomic E-state index is 12.4. The zero-order valence-electron chi connectivity index (χ0n) is 18.0. The van der Waals surface area contributed by atoms with Gasteiger partial charge in [-0.2, -0.15) is 0 Å². The average Bonchev–Trinajstić information content (AvgIpc) is 3.22. The van der Waals surface area contributed by atoms with Gasteiger partial charge in [0.2, 0.25) is 5.91 Å². The Kier molecular flexibility index (Phi) is 7.93. The fourth-order valence-electron chi connectivity index (χ4n) is 2.89. The number of esters is 2. The van der Waals surface area contributed by atoms with Crippen LogP contribution in [0, 0.1) is 0 Å². The fourth-order valence-corrected chi connectivity index (χ4v) is 3.96. The van der Waals surface area contributed by atoms with Gasteiger partial charge in [-0.1, -0.05) is 36.4 Å². The molecule has 0 spiro atoms. The number of hydrogen-bond donors (Lipinski definition) is 2. The Balaban J connectivity index is 1.69. The average molecular weight is 467 g/mol. The van der Waals surface area contributed by atoms with Crippen LogP contribution in [0.2, 0.25) is 0 Å². The quantitative estimate of drug-likeness (QED) is 0.478. The largest absolute Gasteiger partial charge is 0.462 e. The molecule has 0 unspecified atom stereocenters. The van der Waals surface area contributed by atoms with Crippen molar-refractivity contribution >= 4 is 45.8 Å². The summed E-state index contributed by atoms with van der Waals surface area (Å²) in [6.07, 6.45) is 0. The van der Waals surface area contributed by atoms with Gasteiger partial charge in [0.25, 0.3) is 5.91 Å². The van der Waals surface area contributed by atoms with Crippen LogP contribution in [0.3, 0.4) is 0 Å². The Bertz CT molecular complexity index is 1170. The van der Waals surface area contributed by atoms with Crippen LogP contribution in [0.4, 0.5) is 10.7 Å². The van der Waals surface area contributed by atoms with Gasteiger partial charge in [-0.05, 0) is 36.8 Å². The number of benzene rings is 2. The molecular formula is C24H22N2O6S. The number of rotatable bonds is 8. The first-order valence-corrected chi connectivity index (χ1v) is 10.9. The number of carbonyl (C=O) groups is 4. The number of carbonyl (C=O) groups excluding carboxylic acids is 4. The van der Waals surface area contributed by atoms with Crippen LogP contribution < -0.4 is 10.6 Å². The number of nitrogens with one attached hydrogen (secondary N) is 2. The lowest BCUT2D eigenvalue weighted by Crippen LogP contribution is -2.21. The summed E-state index contributed by atoms with van der Waals surface area (Å²) in [6.45, 7) is 2.69. The van der Waals surface area contributed by atoms with Crippen LogP contribution >= 0.6 is 11.3 Å². The van der Waals surface area contributed by atoms with E-state index in [1.165, 1.54) is 30.4 Å². The Morgan fingerprint density at radius 2 is 1.64 bits per heavy atom. The molecular weight excluding hydrogens is 444 g/mol. The summed E-state index contributed by atoms with van der Waals surface area (Å²) in [5.41, 5.74) is 1.73. The van der Waals surface area contributed by atoms with Crippen LogP contribution in [-0.2, 0) is 19.1 Å². The summed E-state index contributed by atoms with van der Waals surface area (Å²) >= 11 is 1.22. The number of ether oxygens (including phenoxy) is 2. The van der Waals surface area contributed by atoms with Crippen molar-refractivity contribution in [1.82, 2.24) is 0 Å². The van der Waals surface area contributed by atoms with E-state index in [2.05, 4.69) is 10.6 Å². The van der Waals surface area contributed by atoms with E-state index in [1.54, 1.807) is 25.1 Å². The highest BCUT2D eigenvalue weighted by molar-refractivity contribution is 7.20. The van der Waals surface area contributed by atoms with E-state index < -0.39 is 24.5 Å². The molecule has 3 rings (SSSR count). The van der Waals surface area contributed by atoms with Crippen molar-refractivity contribution in [3.63, 3.8) is 0 Å². The molecule has 2 amide bonds. The number of thiophene rings is 1. The Morgan fingerprint density at radius 3 is 2.33 bits per heavy atom. The molecule has 9 heteroatoms. The standard InChI is InChI=1S/C24H22N2O6S/c1-3-31-24(30)19-13-20(16-8-5-4-6-9-16)33-22(19)26-21(28)14-32-23(29)17-10-7-11-18(12-17)25-15(2)27/h4-13H,3,14H2,1-2H3,(H,25,27)(H,26,28). The first-order valence-electron chi connectivity index (χ1n) is 10.1. The van der Waals surface area contributed by atoms with E-state index >= 15 is 0 Å². The molecule has 0 aliphatic carbocycles. The van der Waals surface area contributed by atoms with Crippen LogP contribution in [-0.4, -0.2) is 37.0 Å². The predicted molar refractivity (Wildman–Crippen MR) is 125 cm³/mol. The molecule has 2 N–H and O–H groups in total. The molecule has 0 saturated carbocycles. The summed E-state index contributed by atoms with van der Waals surface area (Å²) in [5.74, 6) is -2.16. The molecule has 0 saturated heterocycles. The van der Waals surface area contributed by atoms with Crippen molar-refractivity contribution in [1.29, 1.82) is 0 Å². The molecule has 1 heterocycles. The van der Waals surface area contributed by atoms with E-state index in [9.17, 15) is 19.2 Å². The molecule has 8 nitrogen and oxygen atoms in total. The second kappa shape index (κ2) is 11.1. The summed E-state index contributed by atoms with van der Waals surface area (Å²) < 4.78 is 10.2. The Hall–Kier alpha value is -3.98. The molecule has 33 heavy (non-hydrogen) atoms. The van der Waals surface area contributed by atoms with Crippen LogP contribution in [0.1, 0.15) is 34.6 Å². The Morgan fingerprint density at radius 1 is 0.879 bits per heavy atom. The smallest absolute Gasteiger partial charge is 0.341 e. The van der Waals surface area contributed by atoms with Crippen molar-refractivity contribution in [3.8, 4) is 10.4 Å². The van der Waals surface area contributed by atoms with Gasteiger partial charge in [0, 0.05) is 17.5 Å². The fraction of sp³-hybridized carbons (Fsp3) is 0.167. The number of anilines is 2. The minimum Gasteiger partial charge on any atom is -0.462 e. The van der Waals surface area contributed by atoms with Gasteiger partial charge in [-0.15, -0.1) is 11.3 Å². The summed E-state index contributed by atoms with van der Waals surface area (Å²) in [7, 11) is 0. The zero-order chi connectivity index (χ0) is 23.8. The summed E-state index contributed by atoms with van der Waals surface area (Å²) in [5, 5.41) is 5.51. The van der Waals surface area contributed by atoms with Gasteiger partial charge in [0.15, 0.2) is 6.61 Å². The topological polar surface area (TPSA) is 111 Å². The third kappa shape index (κ3) is 6.50. The highest BCUT2D eigenvalue weighted by Gasteiger charge is 2.20. The van der Waals surface area contributed by atoms with E-state index in [1.807, 2.05) is 30.3 Å². The highest BCUT2D eigenvalue weighted by atomic mass is 32.1. The van der Waals surface area contributed by atoms with Crippen molar-refractivity contribution in [3.05, 3.63) is 71.8 Å². The zero-order valence-corrected chi connectivity index (χ0v) is 18.9. The molecule has 3 aromatic rings. The maximum Gasteiger partial charge on any atom is 0.341 e. The van der Waals surface area contributed by atoms with Gasteiger partial charge < -0.3 is 20.1 Å². The minimum atomic E-state index is -0.723. The van der Waals surface area contributed by atoms with E-state index in [-0.39, 0.29) is 23.6 Å². The lowest BCUT2D eigenvalue weighted by Gasteiger charge is -2.08. The van der Waals surface area contributed by atoms with Crippen LogP contribution in [0.15, 0.2) is 60.7 Å². The van der Waals surface area contributed by atoms with E-state index in [4.69, 9.17) is 9.47 Å².